The predicted octanol–water partition coefficient (Wildman–Crippen LogP) is 3.68. The van der Waals surface area contributed by atoms with Gasteiger partial charge in [-0.15, -0.1) is 0 Å². The summed E-state index contributed by atoms with van der Waals surface area (Å²) in [6.07, 6.45) is 3.77. The van der Waals surface area contributed by atoms with Crippen LogP contribution in [0.1, 0.15) is 42.7 Å². The van der Waals surface area contributed by atoms with Gasteiger partial charge in [0, 0.05) is 0 Å². The van der Waals surface area contributed by atoms with E-state index in [1.807, 2.05) is 12.1 Å². The summed E-state index contributed by atoms with van der Waals surface area (Å²) in [6, 6.07) is 4.03. The van der Waals surface area contributed by atoms with Gasteiger partial charge in [0.2, 0.25) is 0 Å². The zero-order valence-electron chi connectivity index (χ0n) is 10.4. The molecule has 1 aliphatic rings. The summed E-state index contributed by atoms with van der Waals surface area (Å²) in [5.74, 6) is 1.27. The molecule has 0 aliphatic heterocycles. The topological polar surface area (TPSA) is 29.5 Å². The Labute approximate surface area is 108 Å². The van der Waals surface area contributed by atoms with Gasteiger partial charge in [-0.2, -0.15) is 0 Å². The molecule has 17 heavy (non-hydrogen) atoms. The molecule has 0 spiro atoms. The maximum Gasteiger partial charge on any atom is 0.137 e. The predicted molar refractivity (Wildman–Crippen MR) is 70.0 cm³/mol. The fourth-order valence-corrected chi connectivity index (χ4v) is 2.90. The van der Waals surface area contributed by atoms with Crippen LogP contribution in [0.5, 0.6) is 5.75 Å². The molecule has 0 aromatic heterocycles. The van der Waals surface area contributed by atoms with E-state index in [1.165, 1.54) is 11.1 Å². The van der Waals surface area contributed by atoms with Gasteiger partial charge in [-0.05, 0) is 61.8 Å². The quantitative estimate of drug-likeness (QED) is 0.873. The van der Waals surface area contributed by atoms with Crippen LogP contribution in [0, 0.1) is 6.92 Å². The molecular weight excluding hydrogens is 236 g/mol. The van der Waals surface area contributed by atoms with Crippen molar-refractivity contribution < 1.29 is 9.84 Å². The Morgan fingerprint density at radius 1 is 1.24 bits per heavy atom. The van der Waals surface area contributed by atoms with Crippen molar-refractivity contribution in [3.63, 3.8) is 0 Å². The van der Waals surface area contributed by atoms with E-state index in [2.05, 4.69) is 6.92 Å². The molecule has 0 bridgehead atoms. The third kappa shape index (κ3) is 2.75. The van der Waals surface area contributed by atoms with Crippen LogP contribution in [-0.4, -0.2) is 18.3 Å². The normalized spacial score (nSPS) is 24.7. The summed E-state index contributed by atoms with van der Waals surface area (Å²) < 4.78 is 5.21. The number of aryl methyl sites for hydroxylation is 1. The van der Waals surface area contributed by atoms with E-state index in [0.29, 0.717) is 10.9 Å². The van der Waals surface area contributed by atoms with Gasteiger partial charge in [-0.3, -0.25) is 0 Å². The Kier molecular flexibility index (Phi) is 3.95. The maximum absolute atomic E-state index is 9.53. The van der Waals surface area contributed by atoms with Gasteiger partial charge >= 0.3 is 0 Å². The summed E-state index contributed by atoms with van der Waals surface area (Å²) in [5, 5.41) is 10.2. The average molecular weight is 255 g/mol. The molecule has 2 nitrogen and oxygen atoms in total. The molecule has 1 aromatic rings. The van der Waals surface area contributed by atoms with E-state index in [-0.39, 0.29) is 6.10 Å². The molecule has 0 heterocycles. The van der Waals surface area contributed by atoms with Gasteiger partial charge in [0.05, 0.1) is 18.2 Å². The Bertz CT molecular complexity index is 395. The lowest BCUT2D eigenvalue weighted by atomic mass is 9.81. The Hall–Kier alpha value is -0.730. The van der Waals surface area contributed by atoms with E-state index in [1.54, 1.807) is 7.11 Å². The van der Waals surface area contributed by atoms with E-state index in [9.17, 15) is 5.11 Å². The Morgan fingerprint density at radius 3 is 2.47 bits per heavy atom. The van der Waals surface area contributed by atoms with Crippen LogP contribution in [0.4, 0.5) is 0 Å². The second-order valence-corrected chi connectivity index (χ2v) is 5.26. The highest BCUT2D eigenvalue weighted by Crippen LogP contribution is 2.38. The number of hydrogen-bond donors (Lipinski definition) is 1. The number of rotatable bonds is 2. The molecule has 1 fully saturated rings. The molecule has 1 aliphatic carbocycles. The van der Waals surface area contributed by atoms with Crippen molar-refractivity contribution in [2.75, 3.05) is 7.11 Å². The molecule has 1 saturated carbocycles. The molecule has 0 amide bonds. The number of hydrogen-bond acceptors (Lipinski definition) is 2. The highest BCUT2D eigenvalue weighted by Gasteiger charge is 2.22. The van der Waals surface area contributed by atoms with Crippen LogP contribution in [0.3, 0.4) is 0 Å². The van der Waals surface area contributed by atoms with Crippen molar-refractivity contribution in [2.45, 2.75) is 44.6 Å². The molecule has 94 valence electrons. The number of aliphatic hydroxyl groups excluding tert-OH is 1. The summed E-state index contributed by atoms with van der Waals surface area (Å²) in [4.78, 5) is 0. The third-order valence-corrected chi connectivity index (χ3v) is 3.97. The van der Waals surface area contributed by atoms with Gasteiger partial charge in [-0.1, -0.05) is 11.6 Å². The van der Waals surface area contributed by atoms with E-state index in [4.69, 9.17) is 16.3 Å². The zero-order chi connectivity index (χ0) is 12.4. The Balaban J connectivity index is 2.23. The van der Waals surface area contributed by atoms with Crippen LogP contribution >= 0.6 is 11.6 Å². The van der Waals surface area contributed by atoms with Crippen molar-refractivity contribution in [2.24, 2.45) is 0 Å². The first kappa shape index (κ1) is 12.7. The third-order valence-electron chi connectivity index (χ3n) is 3.68. The minimum Gasteiger partial charge on any atom is -0.495 e. The number of benzene rings is 1. The van der Waals surface area contributed by atoms with Gasteiger partial charge in [-0.25, -0.2) is 0 Å². The second kappa shape index (κ2) is 5.28. The first-order valence-corrected chi connectivity index (χ1v) is 6.51. The number of methoxy groups -OCH3 is 1. The van der Waals surface area contributed by atoms with Crippen molar-refractivity contribution in [1.82, 2.24) is 0 Å². The molecule has 0 saturated heterocycles. The lowest BCUT2D eigenvalue weighted by Crippen LogP contribution is -2.17. The summed E-state index contributed by atoms with van der Waals surface area (Å²) in [7, 11) is 1.64. The smallest absolute Gasteiger partial charge is 0.137 e. The van der Waals surface area contributed by atoms with Crippen LogP contribution in [-0.2, 0) is 0 Å². The van der Waals surface area contributed by atoms with Gasteiger partial charge in [0.15, 0.2) is 0 Å². The first-order valence-electron chi connectivity index (χ1n) is 6.14. The van der Waals surface area contributed by atoms with Crippen LogP contribution in [0.25, 0.3) is 0 Å². The van der Waals surface area contributed by atoms with Crippen LogP contribution in [0.2, 0.25) is 5.02 Å². The lowest BCUT2D eigenvalue weighted by Gasteiger charge is -2.27. The van der Waals surface area contributed by atoms with E-state index in [0.717, 1.165) is 31.4 Å². The van der Waals surface area contributed by atoms with Crippen molar-refractivity contribution in [1.29, 1.82) is 0 Å². The average Bonchev–Trinajstić information content (AvgIpc) is 2.33. The molecule has 0 radical (unpaired) electrons. The van der Waals surface area contributed by atoms with Crippen molar-refractivity contribution >= 4 is 11.6 Å². The largest absolute Gasteiger partial charge is 0.495 e. The SMILES string of the molecule is COc1cc(C)c(C2CCC(O)CC2)cc1Cl. The standard InChI is InChI=1S/C14H19ClO2/c1-9-7-14(17-2)13(15)8-12(9)10-3-5-11(16)6-4-10/h7-8,10-11,16H,3-6H2,1-2H3. The fraction of sp³-hybridized carbons (Fsp3) is 0.571. The molecule has 2 rings (SSSR count). The number of aliphatic hydroxyl groups is 1. The van der Waals surface area contributed by atoms with Gasteiger partial charge in [0.25, 0.3) is 0 Å². The van der Waals surface area contributed by atoms with Crippen molar-refractivity contribution in [3.05, 3.63) is 28.3 Å². The first-order chi connectivity index (χ1) is 8.11. The summed E-state index contributed by atoms with van der Waals surface area (Å²) in [5.41, 5.74) is 2.54. The molecule has 1 N–H and O–H groups in total. The van der Waals surface area contributed by atoms with Gasteiger partial charge in [0.1, 0.15) is 5.75 Å². The number of ether oxygens (including phenoxy) is 1. The summed E-state index contributed by atoms with van der Waals surface area (Å²) in [6.45, 7) is 2.10. The molecule has 3 heteroatoms. The maximum atomic E-state index is 9.53. The zero-order valence-corrected chi connectivity index (χ0v) is 11.1. The number of halogens is 1. The minimum atomic E-state index is -0.111. The fourth-order valence-electron chi connectivity index (χ4n) is 2.65. The molecule has 0 unspecified atom stereocenters. The highest BCUT2D eigenvalue weighted by molar-refractivity contribution is 6.32. The van der Waals surface area contributed by atoms with Gasteiger partial charge < -0.3 is 9.84 Å². The van der Waals surface area contributed by atoms with Crippen LogP contribution in [0.15, 0.2) is 12.1 Å². The van der Waals surface area contributed by atoms with Crippen molar-refractivity contribution in [3.8, 4) is 5.75 Å². The molecular formula is C14H19ClO2. The summed E-state index contributed by atoms with van der Waals surface area (Å²) >= 11 is 6.18. The monoisotopic (exact) mass is 254 g/mol. The lowest BCUT2D eigenvalue weighted by molar-refractivity contribution is 0.122. The minimum absolute atomic E-state index is 0.111. The molecule has 1 aromatic carbocycles. The van der Waals surface area contributed by atoms with E-state index >= 15 is 0 Å². The second-order valence-electron chi connectivity index (χ2n) is 4.85. The van der Waals surface area contributed by atoms with E-state index < -0.39 is 0 Å². The molecule has 0 atom stereocenters. The Morgan fingerprint density at radius 2 is 1.88 bits per heavy atom. The highest BCUT2D eigenvalue weighted by atomic mass is 35.5. The van der Waals surface area contributed by atoms with Crippen LogP contribution < -0.4 is 4.74 Å².